The predicted molar refractivity (Wildman–Crippen MR) is 148 cm³/mol. The lowest BCUT2D eigenvalue weighted by molar-refractivity contribution is -0.153. The van der Waals surface area contributed by atoms with E-state index in [1.807, 2.05) is 48.5 Å². The molecule has 0 spiro atoms. The highest BCUT2D eigenvalue weighted by Gasteiger charge is 2.29. The molecule has 0 bridgehead atoms. The van der Waals surface area contributed by atoms with Crippen molar-refractivity contribution in [2.24, 2.45) is 0 Å². The summed E-state index contributed by atoms with van der Waals surface area (Å²) in [5.41, 5.74) is 4.08. The molecule has 4 rings (SSSR count). The molecule has 4 aromatic rings. The summed E-state index contributed by atoms with van der Waals surface area (Å²) in [6, 6.07) is 18.5. The molecule has 0 saturated heterocycles. The molecule has 7 nitrogen and oxygen atoms in total. The standard InChI is InChI=1S/C31H33F3N4O3/c1-30(2,3)23-9-5-21(6-10-23)15-24(39)16-27(28-14-13-26(17-35-28)41-20-31(32,33)34)29-19-38(37-36-29)18-22-7-11-25(40-4)12-8-22/h5-14,17,19,27H,15-16,18,20H2,1-4H3/t27-/m0/s1. The van der Waals surface area contributed by atoms with Gasteiger partial charge < -0.3 is 9.47 Å². The highest BCUT2D eigenvalue weighted by Crippen LogP contribution is 2.28. The van der Waals surface area contributed by atoms with Crippen LogP contribution in [0.3, 0.4) is 0 Å². The Hall–Kier alpha value is -4.21. The number of benzene rings is 2. The lowest BCUT2D eigenvalue weighted by Crippen LogP contribution is -2.19. The molecule has 1 atom stereocenters. The van der Waals surface area contributed by atoms with Gasteiger partial charge in [0.25, 0.3) is 0 Å². The Labute approximate surface area is 237 Å². The van der Waals surface area contributed by atoms with Crippen LogP contribution in [0, 0.1) is 0 Å². The van der Waals surface area contributed by atoms with Crippen LogP contribution in [0.25, 0.3) is 0 Å². The minimum atomic E-state index is -4.46. The fourth-order valence-corrected chi connectivity index (χ4v) is 4.33. The Morgan fingerprint density at radius 1 is 0.902 bits per heavy atom. The van der Waals surface area contributed by atoms with Gasteiger partial charge in [-0.25, -0.2) is 4.68 Å². The second-order valence-electron chi connectivity index (χ2n) is 10.9. The Kier molecular flexibility index (Phi) is 9.10. The maximum atomic E-state index is 13.2. The smallest absolute Gasteiger partial charge is 0.422 e. The zero-order valence-corrected chi connectivity index (χ0v) is 23.5. The van der Waals surface area contributed by atoms with Crippen molar-refractivity contribution in [1.29, 1.82) is 0 Å². The SMILES string of the molecule is COc1ccc(Cn2cc([C@@H](CC(=O)Cc3ccc(C(C)(C)C)cc3)c3ccc(OCC(F)(F)F)cn3)nn2)cc1. The van der Waals surface area contributed by atoms with Crippen molar-refractivity contribution in [3.63, 3.8) is 0 Å². The van der Waals surface area contributed by atoms with Gasteiger partial charge in [-0.05, 0) is 46.4 Å². The van der Waals surface area contributed by atoms with Gasteiger partial charge in [0, 0.05) is 19.0 Å². The van der Waals surface area contributed by atoms with Crippen LogP contribution in [0.15, 0.2) is 73.1 Å². The van der Waals surface area contributed by atoms with E-state index < -0.39 is 18.7 Å². The number of nitrogens with zero attached hydrogens (tertiary/aromatic N) is 4. The summed E-state index contributed by atoms with van der Waals surface area (Å²) in [4.78, 5) is 17.6. The largest absolute Gasteiger partial charge is 0.497 e. The Balaban J connectivity index is 1.53. The number of carbonyl (C=O) groups excluding carboxylic acids is 1. The van der Waals surface area contributed by atoms with Crippen molar-refractivity contribution in [3.8, 4) is 11.5 Å². The molecule has 10 heteroatoms. The molecule has 0 fully saturated rings. The van der Waals surface area contributed by atoms with Gasteiger partial charge in [-0.15, -0.1) is 5.10 Å². The van der Waals surface area contributed by atoms with Crippen molar-refractivity contribution < 1.29 is 27.4 Å². The van der Waals surface area contributed by atoms with Crippen LogP contribution >= 0.6 is 0 Å². The van der Waals surface area contributed by atoms with Crippen molar-refractivity contribution in [2.45, 2.75) is 57.7 Å². The van der Waals surface area contributed by atoms with Gasteiger partial charge in [0.15, 0.2) is 6.61 Å². The van der Waals surface area contributed by atoms with E-state index in [0.29, 0.717) is 17.9 Å². The van der Waals surface area contributed by atoms with Gasteiger partial charge in [0.1, 0.15) is 17.3 Å². The van der Waals surface area contributed by atoms with E-state index in [1.54, 1.807) is 24.1 Å². The average molecular weight is 567 g/mol. The third kappa shape index (κ3) is 8.64. The lowest BCUT2D eigenvalue weighted by Gasteiger charge is -2.19. The first-order valence-electron chi connectivity index (χ1n) is 13.2. The van der Waals surface area contributed by atoms with Crippen molar-refractivity contribution in [3.05, 3.63) is 101 Å². The van der Waals surface area contributed by atoms with Crippen LogP contribution in [0.2, 0.25) is 0 Å². The number of ether oxygens (including phenoxy) is 2. The number of ketones is 1. The summed E-state index contributed by atoms with van der Waals surface area (Å²) in [6.07, 6.45) is -1.14. The first-order valence-corrected chi connectivity index (χ1v) is 13.2. The molecule has 2 aromatic heterocycles. The van der Waals surface area contributed by atoms with Crippen LogP contribution < -0.4 is 9.47 Å². The summed E-state index contributed by atoms with van der Waals surface area (Å²) in [6.45, 7) is 5.43. The molecule has 0 N–H and O–H groups in total. The summed E-state index contributed by atoms with van der Waals surface area (Å²) >= 11 is 0. The number of halogens is 3. The summed E-state index contributed by atoms with van der Waals surface area (Å²) in [5.74, 6) is 0.159. The van der Waals surface area contributed by atoms with Gasteiger partial charge in [0.05, 0.1) is 37.2 Å². The van der Waals surface area contributed by atoms with E-state index in [-0.39, 0.29) is 29.8 Å². The van der Waals surface area contributed by atoms with Crippen molar-refractivity contribution >= 4 is 5.78 Å². The number of Topliss-reactive ketones (excluding diaryl/α,β-unsaturated/α-hetero) is 1. The maximum Gasteiger partial charge on any atom is 0.422 e. The number of rotatable bonds is 11. The van der Waals surface area contributed by atoms with Gasteiger partial charge in [-0.3, -0.25) is 9.78 Å². The van der Waals surface area contributed by atoms with Crippen molar-refractivity contribution in [2.75, 3.05) is 13.7 Å². The topological polar surface area (TPSA) is 79.1 Å². The van der Waals surface area contributed by atoms with E-state index >= 15 is 0 Å². The molecule has 0 saturated carbocycles. The predicted octanol–water partition coefficient (Wildman–Crippen LogP) is 6.30. The van der Waals surface area contributed by atoms with Crippen LogP contribution in [0.4, 0.5) is 13.2 Å². The fourth-order valence-electron chi connectivity index (χ4n) is 4.33. The second kappa shape index (κ2) is 12.5. The van der Waals surface area contributed by atoms with E-state index in [1.165, 1.54) is 17.8 Å². The lowest BCUT2D eigenvalue weighted by atomic mass is 9.86. The molecule has 0 aliphatic rings. The van der Waals surface area contributed by atoms with Crippen LogP contribution in [0.5, 0.6) is 11.5 Å². The number of hydrogen-bond acceptors (Lipinski definition) is 6. The molecule has 0 unspecified atom stereocenters. The highest BCUT2D eigenvalue weighted by atomic mass is 19.4. The Morgan fingerprint density at radius 2 is 1.56 bits per heavy atom. The number of alkyl halides is 3. The quantitative estimate of drug-likeness (QED) is 0.212. The molecule has 0 amide bonds. The average Bonchev–Trinajstić information content (AvgIpc) is 3.39. The van der Waals surface area contributed by atoms with Gasteiger partial charge in [-0.2, -0.15) is 13.2 Å². The first kappa shape index (κ1) is 29.8. The molecule has 0 radical (unpaired) electrons. The third-order valence-corrected chi connectivity index (χ3v) is 6.59. The second-order valence-corrected chi connectivity index (χ2v) is 10.9. The van der Waals surface area contributed by atoms with Crippen molar-refractivity contribution in [1.82, 2.24) is 20.0 Å². The molecule has 2 aromatic carbocycles. The third-order valence-electron chi connectivity index (χ3n) is 6.59. The summed E-state index contributed by atoms with van der Waals surface area (Å²) in [7, 11) is 1.60. The Bertz CT molecular complexity index is 1430. The van der Waals surface area contributed by atoms with Crippen LogP contribution in [-0.2, 0) is 23.2 Å². The highest BCUT2D eigenvalue weighted by molar-refractivity contribution is 5.82. The van der Waals surface area contributed by atoms with E-state index in [4.69, 9.17) is 9.47 Å². The maximum absolute atomic E-state index is 13.2. The molecule has 41 heavy (non-hydrogen) atoms. The minimum absolute atomic E-state index is 0.00687. The van der Waals surface area contributed by atoms with Crippen LogP contribution in [0.1, 0.15) is 61.2 Å². The zero-order chi connectivity index (χ0) is 29.6. The summed E-state index contributed by atoms with van der Waals surface area (Å²) in [5, 5.41) is 8.57. The van der Waals surface area contributed by atoms with Gasteiger partial charge in [-0.1, -0.05) is 62.4 Å². The van der Waals surface area contributed by atoms with E-state index in [9.17, 15) is 18.0 Å². The fraction of sp³-hybridized carbons (Fsp3) is 0.355. The molecule has 0 aliphatic carbocycles. The number of carbonyl (C=O) groups is 1. The van der Waals surface area contributed by atoms with E-state index in [2.05, 4.69) is 36.1 Å². The minimum Gasteiger partial charge on any atom is -0.497 e. The Morgan fingerprint density at radius 3 is 2.15 bits per heavy atom. The molecular weight excluding hydrogens is 533 g/mol. The molecular formula is C31H33F3N4O3. The molecule has 216 valence electrons. The normalized spacial score (nSPS) is 12.7. The molecule has 2 heterocycles. The number of aromatic nitrogens is 4. The first-order chi connectivity index (χ1) is 19.4. The summed E-state index contributed by atoms with van der Waals surface area (Å²) < 4.78 is 49.4. The zero-order valence-electron chi connectivity index (χ0n) is 23.5. The van der Waals surface area contributed by atoms with Crippen LogP contribution in [-0.4, -0.2) is 45.7 Å². The number of hydrogen-bond donors (Lipinski definition) is 0. The van der Waals surface area contributed by atoms with E-state index in [0.717, 1.165) is 16.9 Å². The number of methoxy groups -OCH3 is 1. The van der Waals surface area contributed by atoms with Gasteiger partial charge >= 0.3 is 6.18 Å². The van der Waals surface area contributed by atoms with Gasteiger partial charge in [0.2, 0.25) is 0 Å². The monoisotopic (exact) mass is 566 g/mol. The number of pyridine rings is 1. The molecule has 0 aliphatic heterocycles.